The van der Waals surface area contributed by atoms with Crippen molar-refractivity contribution in [2.75, 3.05) is 20.0 Å². The molecule has 0 fully saturated rings. The Morgan fingerprint density at radius 1 is 1.10 bits per heavy atom. The fraction of sp³-hybridized carbons (Fsp3) is 0.188. The number of halogens is 1. The minimum Gasteiger partial charge on any atom is -0.497 e. The van der Waals surface area contributed by atoms with Crippen LogP contribution in [0, 0.1) is 0 Å². The lowest BCUT2D eigenvalue weighted by Crippen LogP contribution is -2.05. The van der Waals surface area contributed by atoms with Gasteiger partial charge in [-0.05, 0) is 36.4 Å². The quantitative estimate of drug-likeness (QED) is 0.585. The Morgan fingerprint density at radius 3 is 2.43 bits per heavy atom. The summed E-state index contributed by atoms with van der Waals surface area (Å²) in [4.78, 5) is 13.3. The van der Waals surface area contributed by atoms with Crippen molar-refractivity contribution in [1.82, 2.24) is 0 Å². The maximum absolute atomic E-state index is 12.3. The van der Waals surface area contributed by atoms with Gasteiger partial charge >= 0.3 is 0 Å². The number of hydrogen-bond donors (Lipinski definition) is 0. The molecule has 2 aromatic carbocycles. The van der Waals surface area contributed by atoms with Crippen molar-refractivity contribution in [2.45, 2.75) is 4.90 Å². The van der Waals surface area contributed by atoms with Crippen molar-refractivity contribution >= 4 is 29.1 Å². The van der Waals surface area contributed by atoms with Crippen LogP contribution in [0.3, 0.4) is 0 Å². The number of Topliss-reactive ketones (excluding diaryl/α,β-unsaturated/α-hetero) is 1. The molecule has 0 heterocycles. The number of ketones is 1. The van der Waals surface area contributed by atoms with Crippen LogP contribution in [0.15, 0.2) is 47.4 Å². The summed E-state index contributed by atoms with van der Waals surface area (Å²) in [6, 6.07) is 12.6. The molecule has 110 valence electrons. The van der Waals surface area contributed by atoms with Gasteiger partial charge in [0.1, 0.15) is 11.5 Å². The maximum atomic E-state index is 12.3. The Morgan fingerprint density at radius 2 is 1.81 bits per heavy atom. The molecular weight excluding hydrogens is 308 g/mol. The number of methoxy groups -OCH3 is 2. The van der Waals surface area contributed by atoms with E-state index in [1.54, 1.807) is 25.3 Å². The van der Waals surface area contributed by atoms with Crippen molar-refractivity contribution in [3.63, 3.8) is 0 Å². The fourth-order valence-corrected chi connectivity index (χ4v) is 2.69. The van der Waals surface area contributed by atoms with E-state index in [9.17, 15) is 4.79 Å². The van der Waals surface area contributed by atoms with E-state index in [0.717, 1.165) is 4.90 Å². The Bertz CT molecular complexity index is 626. The highest BCUT2D eigenvalue weighted by molar-refractivity contribution is 8.00. The summed E-state index contributed by atoms with van der Waals surface area (Å²) >= 11 is 7.30. The third kappa shape index (κ3) is 4.16. The number of benzene rings is 2. The standard InChI is InChI=1S/C16H15ClO3S/c1-19-12-5-8-14(16(9-12)20-2)15(18)10-21-13-6-3-11(17)4-7-13/h3-9H,10H2,1-2H3. The monoisotopic (exact) mass is 322 g/mol. The minimum absolute atomic E-state index is 0.00875. The molecule has 2 aromatic rings. The summed E-state index contributed by atoms with van der Waals surface area (Å²) in [7, 11) is 3.12. The lowest BCUT2D eigenvalue weighted by molar-refractivity contribution is 0.101. The van der Waals surface area contributed by atoms with Gasteiger partial charge in [-0.1, -0.05) is 11.6 Å². The predicted molar refractivity (Wildman–Crippen MR) is 86.1 cm³/mol. The first kappa shape index (κ1) is 15.7. The average molecular weight is 323 g/mol. The van der Waals surface area contributed by atoms with Crippen molar-refractivity contribution in [3.8, 4) is 11.5 Å². The molecule has 0 aliphatic carbocycles. The van der Waals surface area contributed by atoms with Crippen LogP contribution in [-0.2, 0) is 0 Å². The van der Waals surface area contributed by atoms with E-state index in [2.05, 4.69) is 0 Å². The highest BCUT2D eigenvalue weighted by Crippen LogP contribution is 2.27. The summed E-state index contributed by atoms with van der Waals surface area (Å²) in [6.07, 6.45) is 0. The highest BCUT2D eigenvalue weighted by Gasteiger charge is 2.13. The van der Waals surface area contributed by atoms with Gasteiger partial charge in [-0.3, -0.25) is 4.79 Å². The molecule has 21 heavy (non-hydrogen) atoms. The average Bonchev–Trinajstić information content (AvgIpc) is 2.53. The van der Waals surface area contributed by atoms with Crippen LogP contribution in [0.5, 0.6) is 11.5 Å². The van der Waals surface area contributed by atoms with Crippen LogP contribution < -0.4 is 9.47 Å². The van der Waals surface area contributed by atoms with Crippen LogP contribution in [-0.4, -0.2) is 25.8 Å². The summed E-state index contributed by atoms with van der Waals surface area (Å²) < 4.78 is 10.4. The first-order chi connectivity index (χ1) is 10.1. The predicted octanol–water partition coefficient (Wildman–Crippen LogP) is 4.33. The maximum Gasteiger partial charge on any atom is 0.176 e. The number of hydrogen-bond acceptors (Lipinski definition) is 4. The third-order valence-corrected chi connectivity index (χ3v) is 4.16. The Kier molecular flexibility index (Phi) is 5.53. The molecule has 0 spiro atoms. The molecule has 2 rings (SSSR count). The summed E-state index contributed by atoms with van der Waals surface area (Å²) in [5.41, 5.74) is 0.555. The van der Waals surface area contributed by atoms with E-state index in [0.29, 0.717) is 27.8 Å². The zero-order valence-corrected chi connectivity index (χ0v) is 13.3. The van der Waals surface area contributed by atoms with Gasteiger partial charge in [0, 0.05) is 16.0 Å². The third-order valence-electron chi connectivity index (χ3n) is 2.89. The van der Waals surface area contributed by atoms with Gasteiger partial charge in [-0.15, -0.1) is 11.8 Å². The van der Waals surface area contributed by atoms with Crippen LogP contribution in [0.4, 0.5) is 0 Å². The topological polar surface area (TPSA) is 35.5 Å². The molecule has 0 aliphatic rings. The molecule has 0 radical (unpaired) electrons. The summed E-state index contributed by atoms with van der Waals surface area (Å²) in [6.45, 7) is 0. The fourth-order valence-electron chi connectivity index (χ4n) is 1.79. The highest BCUT2D eigenvalue weighted by atomic mass is 35.5. The van der Waals surface area contributed by atoms with Crippen LogP contribution in [0.2, 0.25) is 5.02 Å². The molecule has 0 amide bonds. The zero-order chi connectivity index (χ0) is 15.2. The van der Waals surface area contributed by atoms with Crippen LogP contribution >= 0.6 is 23.4 Å². The number of thioether (sulfide) groups is 1. The SMILES string of the molecule is COc1ccc(C(=O)CSc2ccc(Cl)cc2)c(OC)c1. The summed E-state index contributed by atoms with van der Waals surface area (Å²) in [5.74, 6) is 1.53. The van der Waals surface area contributed by atoms with Crippen molar-refractivity contribution in [3.05, 3.63) is 53.1 Å². The molecule has 3 nitrogen and oxygen atoms in total. The van der Waals surface area contributed by atoms with Gasteiger partial charge in [0.05, 0.1) is 25.5 Å². The van der Waals surface area contributed by atoms with Crippen molar-refractivity contribution < 1.29 is 14.3 Å². The summed E-state index contributed by atoms with van der Waals surface area (Å²) in [5, 5.41) is 0.683. The van der Waals surface area contributed by atoms with Gasteiger partial charge in [-0.2, -0.15) is 0 Å². The van der Waals surface area contributed by atoms with Gasteiger partial charge in [0.2, 0.25) is 0 Å². The number of ether oxygens (including phenoxy) is 2. The first-order valence-electron chi connectivity index (χ1n) is 6.27. The van der Waals surface area contributed by atoms with Crippen molar-refractivity contribution in [1.29, 1.82) is 0 Å². The molecule has 0 unspecified atom stereocenters. The smallest absolute Gasteiger partial charge is 0.176 e. The molecule has 0 bridgehead atoms. The van der Waals surface area contributed by atoms with Crippen LogP contribution in [0.1, 0.15) is 10.4 Å². The van der Waals surface area contributed by atoms with Gasteiger partial charge in [0.25, 0.3) is 0 Å². The van der Waals surface area contributed by atoms with E-state index in [4.69, 9.17) is 21.1 Å². The van der Waals surface area contributed by atoms with Crippen molar-refractivity contribution in [2.24, 2.45) is 0 Å². The molecule has 0 saturated carbocycles. The molecule has 5 heteroatoms. The second kappa shape index (κ2) is 7.38. The second-order valence-corrected chi connectivity index (χ2v) is 5.72. The van der Waals surface area contributed by atoms with E-state index in [1.807, 2.05) is 24.3 Å². The number of carbonyl (C=O) groups excluding carboxylic acids is 1. The Hall–Kier alpha value is -1.65. The van der Waals surface area contributed by atoms with Gasteiger partial charge in [0.15, 0.2) is 5.78 Å². The van der Waals surface area contributed by atoms with E-state index in [-0.39, 0.29) is 5.78 Å². The normalized spacial score (nSPS) is 10.2. The molecule has 0 N–H and O–H groups in total. The zero-order valence-electron chi connectivity index (χ0n) is 11.8. The largest absolute Gasteiger partial charge is 0.497 e. The van der Waals surface area contributed by atoms with E-state index < -0.39 is 0 Å². The van der Waals surface area contributed by atoms with Gasteiger partial charge < -0.3 is 9.47 Å². The Balaban J connectivity index is 2.07. The minimum atomic E-state index is 0.00875. The van der Waals surface area contributed by atoms with E-state index >= 15 is 0 Å². The lowest BCUT2D eigenvalue weighted by atomic mass is 10.1. The molecular formula is C16H15ClO3S. The van der Waals surface area contributed by atoms with E-state index in [1.165, 1.54) is 18.9 Å². The molecule has 0 aromatic heterocycles. The molecule has 0 saturated heterocycles. The molecule has 0 aliphatic heterocycles. The first-order valence-corrected chi connectivity index (χ1v) is 7.64. The van der Waals surface area contributed by atoms with Crippen LogP contribution in [0.25, 0.3) is 0 Å². The van der Waals surface area contributed by atoms with Gasteiger partial charge in [-0.25, -0.2) is 0 Å². The molecule has 0 atom stereocenters. The number of rotatable bonds is 6. The Labute approximate surface area is 133 Å². The second-order valence-electron chi connectivity index (χ2n) is 4.23. The lowest BCUT2D eigenvalue weighted by Gasteiger charge is -2.09. The number of carbonyl (C=O) groups is 1.